The number of rotatable bonds is 4. The Hall–Kier alpha value is 0.153. The quantitative estimate of drug-likeness (QED) is 0.383. The zero-order valence-electron chi connectivity index (χ0n) is 11.5. The van der Waals surface area contributed by atoms with Crippen molar-refractivity contribution in [2.75, 3.05) is 0 Å². The second-order valence-corrected chi connectivity index (χ2v) is 8.99. The van der Waals surface area contributed by atoms with Crippen molar-refractivity contribution in [2.24, 2.45) is 0 Å². The molecule has 0 N–H and O–H groups in total. The van der Waals surface area contributed by atoms with Crippen molar-refractivity contribution in [3.05, 3.63) is 67.6 Å². The van der Waals surface area contributed by atoms with Gasteiger partial charge in [0.25, 0.3) is 0 Å². The van der Waals surface area contributed by atoms with Crippen molar-refractivity contribution in [1.82, 2.24) is 0 Å². The van der Waals surface area contributed by atoms with Gasteiger partial charge in [-0.15, -0.1) is 0 Å². The summed E-state index contributed by atoms with van der Waals surface area (Å²) in [6.07, 6.45) is 1.01. The van der Waals surface area contributed by atoms with Crippen LogP contribution in [-0.4, -0.2) is 31.1 Å². The molecule has 0 nitrogen and oxygen atoms in total. The first-order chi connectivity index (χ1) is 8.27. The van der Waals surface area contributed by atoms with Crippen LogP contribution in [0.4, 0.5) is 0 Å². The van der Waals surface area contributed by atoms with Crippen LogP contribution in [0, 0.1) is 6.92 Å². The molecule has 2 aromatic carbocycles. The average molecular weight is 391 g/mol. The van der Waals surface area contributed by atoms with Crippen LogP contribution < -0.4 is 34.4 Å². The van der Waals surface area contributed by atoms with E-state index in [9.17, 15) is 0 Å². The minimum atomic E-state index is -1.56. The van der Waals surface area contributed by atoms with Crippen LogP contribution in [0.3, 0.4) is 0 Å². The van der Waals surface area contributed by atoms with Gasteiger partial charge < -0.3 is 30.9 Å². The molecule has 0 aliphatic heterocycles. The van der Waals surface area contributed by atoms with Gasteiger partial charge in [-0.3, -0.25) is 0 Å². The van der Waals surface area contributed by atoms with Crippen LogP contribution in [0.15, 0.2) is 60.7 Å². The van der Waals surface area contributed by atoms with E-state index in [4.69, 9.17) is 0 Å². The normalized spacial score (nSPS) is 10.2. The first-order valence-electron chi connectivity index (χ1n) is 6.17. The molecule has 0 saturated heterocycles. The summed E-state index contributed by atoms with van der Waals surface area (Å²) in [5.41, 5.74) is 0. The summed E-state index contributed by atoms with van der Waals surface area (Å²) in [6.45, 7) is 6.50. The summed E-state index contributed by atoms with van der Waals surface area (Å²) in [6, 6.07) is 23.1. The first-order valence-corrected chi connectivity index (χ1v) is 8.88. The SMILES string of the molecule is [CH2-]CC[Si](C)(c1ccccc1)c1ccccc1.[I-].[Mg+2]. The Morgan fingerprint density at radius 2 is 1.21 bits per heavy atom. The van der Waals surface area contributed by atoms with Crippen LogP contribution in [0.5, 0.6) is 0 Å². The molecule has 2 aromatic rings. The average Bonchev–Trinajstić information content (AvgIpc) is 2.41. The fraction of sp³-hybridized carbons (Fsp3) is 0.188. The Labute approximate surface area is 151 Å². The van der Waals surface area contributed by atoms with Gasteiger partial charge in [0.1, 0.15) is 8.07 Å². The molecule has 0 amide bonds. The van der Waals surface area contributed by atoms with Gasteiger partial charge in [-0.1, -0.05) is 83.6 Å². The summed E-state index contributed by atoms with van der Waals surface area (Å²) in [5, 5.41) is 3.02. The molecule has 0 fully saturated rings. The molecular weight excluding hydrogens is 371 g/mol. The maximum Gasteiger partial charge on any atom is 2.00 e. The predicted octanol–water partition coefficient (Wildman–Crippen LogP) is -0.273. The Morgan fingerprint density at radius 3 is 1.53 bits per heavy atom. The fourth-order valence-electron chi connectivity index (χ4n) is 2.42. The van der Waals surface area contributed by atoms with Gasteiger partial charge in [0.05, 0.1) is 0 Å². The summed E-state index contributed by atoms with van der Waals surface area (Å²) < 4.78 is 0. The molecule has 0 aliphatic rings. The Morgan fingerprint density at radius 1 is 0.842 bits per heavy atom. The predicted molar refractivity (Wildman–Crippen MR) is 84.3 cm³/mol. The minimum absolute atomic E-state index is 0. The van der Waals surface area contributed by atoms with Gasteiger partial charge in [0.15, 0.2) is 0 Å². The number of hydrogen-bond donors (Lipinski definition) is 0. The summed E-state index contributed by atoms with van der Waals surface area (Å²) in [4.78, 5) is 0. The van der Waals surface area contributed by atoms with Crippen LogP contribution in [-0.2, 0) is 0 Å². The number of hydrogen-bond acceptors (Lipinski definition) is 0. The monoisotopic (exact) mass is 390 g/mol. The zero-order valence-corrected chi connectivity index (χ0v) is 16.1. The Balaban J connectivity index is 0.00000162. The molecule has 19 heavy (non-hydrogen) atoms. The summed E-state index contributed by atoms with van der Waals surface area (Å²) in [7, 11) is -1.56. The van der Waals surface area contributed by atoms with E-state index in [2.05, 4.69) is 74.1 Å². The Bertz CT molecular complexity index is 419. The molecule has 0 radical (unpaired) electrons. The first kappa shape index (κ1) is 19.2. The van der Waals surface area contributed by atoms with E-state index in [1.54, 1.807) is 0 Å². The molecule has 0 atom stereocenters. The van der Waals surface area contributed by atoms with E-state index in [0.29, 0.717) is 0 Å². The number of halogens is 1. The van der Waals surface area contributed by atoms with Gasteiger partial charge in [-0.2, -0.15) is 6.42 Å². The van der Waals surface area contributed by atoms with Crippen LogP contribution >= 0.6 is 0 Å². The molecule has 3 heteroatoms. The van der Waals surface area contributed by atoms with E-state index < -0.39 is 8.07 Å². The third-order valence-corrected chi connectivity index (χ3v) is 8.07. The molecule has 0 saturated carbocycles. The molecule has 0 aliphatic carbocycles. The van der Waals surface area contributed by atoms with Gasteiger partial charge in [0.2, 0.25) is 0 Å². The summed E-state index contributed by atoms with van der Waals surface area (Å²) >= 11 is 0. The maximum atomic E-state index is 4.06. The van der Waals surface area contributed by atoms with Crippen molar-refractivity contribution in [3.8, 4) is 0 Å². The van der Waals surface area contributed by atoms with Crippen molar-refractivity contribution >= 4 is 41.5 Å². The van der Waals surface area contributed by atoms with Gasteiger partial charge >= 0.3 is 23.1 Å². The van der Waals surface area contributed by atoms with E-state index >= 15 is 0 Å². The molecule has 2 rings (SSSR count). The van der Waals surface area contributed by atoms with Crippen molar-refractivity contribution in [3.63, 3.8) is 0 Å². The molecule has 0 heterocycles. The van der Waals surface area contributed by atoms with Crippen LogP contribution in [0.1, 0.15) is 6.42 Å². The topological polar surface area (TPSA) is 0 Å². The van der Waals surface area contributed by atoms with E-state index in [0.717, 1.165) is 6.42 Å². The van der Waals surface area contributed by atoms with Crippen molar-refractivity contribution in [2.45, 2.75) is 19.0 Å². The van der Waals surface area contributed by atoms with Crippen LogP contribution in [0.25, 0.3) is 0 Å². The van der Waals surface area contributed by atoms with Crippen LogP contribution in [0.2, 0.25) is 12.6 Å². The van der Waals surface area contributed by atoms with Crippen molar-refractivity contribution < 1.29 is 24.0 Å². The Kier molecular flexibility index (Phi) is 9.23. The molecule has 96 valence electrons. The third kappa shape index (κ3) is 4.58. The van der Waals surface area contributed by atoms with Crippen molar-refractivity contribution in [1.29, 1.82) is 0 Å². The largest absolute Gasteiger partial charge is 2.00 e. The molecule has 0 aromatic heterocycles. The summed E-state index contributed by atoms with van der Waals surface area (Å²) in [5.74, 6) is 0. The maximum absolute atomic E-state index is 4.06. The van der Waals surface area contributed by atoms with Gasteiger partial charge in [0, 0.05) is 0 Å². The zero-order chi connectivity index (χ0) is 12.1. The van der Waals surface area contributed by atoms with E-state index in [1.807, 2.05) is 0 Å². The van der Waals surface area contributed by atoms with E-state index in [-0.39, 0.29) is 47.0 Å². The second-order valence-electron chi connectivity index (χ2n) is 4.67. The fourth-order valence-corrected chi connectivity index (χ4v) is 5.89. The second kappa shape index (κ2) is 9.16. The van der Waals surface area contributed by atoms with Gasteiger partial charge in [-0.05, 0) is 0 Å². The standard InChI is InChI=1S/C16H19Si.HI.Mg/c1-3-14-17(2,15-10-6-4-7-11-15)16-12-8-5-9-13-16;;/h4-13H,1,3,14H2,2H3;1H;/q-1;;+2/p-1. The molecule has 0 spiro atoms. The minimum Gasteiger partial charge on any atom is -1.00 e. The molecule has 0 unspecified atom stereocenters. The number of benzene rings is 2. The smallest absolute Gasteiger partial charge is 1.00 e. The molecular formula is C16H19IMgSi. The molecule has 0 bridgehead atoms. The third-order valence-electron chi connectivity index (χ3n) is 3.50. The van der Waals surface area contributed by atoms with Gasteiger partial charge in [-0.25, -0.2) is 0 Å². The van der Waals surface area contributed by atoms with E-state index in [1.165, 1.54) is 16.4 Å².